The summed E-state index contributed by atoms with van der Waals surface area (Å²) in [5.41, 5.74) is 0.788. The van der Waals surface area contributed by atoms with Gasteiger partial charge in [-0.3, -0.25) is 9.59 Å². The van der Waals surface area contributed by atoms with Crippen molar-refractivity contribution in [2.45, 2.75) is 33.2 Å². The first kappa shape index (κ1) is 19.9. The van der Waals surface area contributed by atoms with E-state index in [-0.39, 0.29) is 30.0 Å². The van der Waals surface area contributed by atoms with Crippen molar-refractivity contribution in [1.82, 2.24) is 15.4 Å². The summed E-state index contributed by atoms with van der Waals surface area (Å²) in [6.07, 6.45) is 2.34. The lowest BCUT2D eigenvalue weighted by Gasteiger charge is -2.23. The van der Waals surface area contributed by atoms with Gasteiger partial charge in [-0.1, -0.05) is 25.1 Å². The molecule has 1 fully saturated rings. The minimum Gasteiger partial charge on any atom is -0.497 e. The van der Waals surface area contributed by atoms with Crippen molar-refractivity contribution in [2.75, 3.05) is 20.2 Å². The number of benzene rings is 1. The Morgan fingerprint density at radius 1 is 1.32 bits per heavy atom. The monoisotopic (exact) mass is 385 g/mol. The Morgan fingerprint density at radius 3 is 2.79 bits per heavy atom. The number of carbonyl (C=O) groups is 2. The maximum Gasteiger partial charge on any atom is 0.273 e. The maximum absolute atomic E-state index is 13.0. The Hall–Kier alpha value is -2.83. The van der Waals surface area contributed by atoms with Crippen molar-refractivity contribution < 1.29 is 18.8 Å². The topological polar surface area (TPSA) is 84.7 Å². The molecule has 1 aliphatic rings. The zero-order chi connectivity index (χ0) is 20.1. The van der Waals surface area contributed by atoms with Gasteiger partial charge in [-0.15, -0.1) is 0 Å². The van der Waals surface area contributed by atoms with E-state index in [1.807, 2.05) is 13.8 Å². The highest BCUT2D eigenvalue weighted by molar-refractivity contribution is 5.94. The predicted molar refractivity (Wildman–Crippen MR) is 104 cm³/mol. The zero-order valence-electron chi connectivity index (χ0n) is 16.6. The minimum absolute atomic E-state index is 0.122. The van der Waals surface area contributed by atoms with Crippen LogP contribution < -0.4 is 10.1 Å². The van der Waals surface area contributed by atoms with Crippen molar-refractivity contribution >= 4 is 11.8 Å². The molecular weight excluding hydrogens is 358 g/mol. The van der Waals surface area contributed by atoms with E-state index in [1.54, 1.807) is 42.3 Å². The highest BCUT2D eigenvalue weighted by Crippen LogP contribution is 2.27. The van der Waals surface area contributed by atoms with E-state index in [1.165, 1.54) is 12.8 Å². The van der Waals surface area contributed by atoms with Gasteiger partial charge in [0.2, 0.25) is 0 Å². The van der Waals surface area contributed by atoms with Gasteiger partial charge in [0.15, 0.2) is 11.5 Å². The van der Waals surface area contributed by atoms with Crippen LogP contribution in [-0.4, -0.2) is 42.1 Å². The van der Waals surface area contributed by atoms with E-state index in [4.69, 9.17) is 9.26 Å². The molecule has 1 N–H and O–H groups in total. The van der Waals surface area contributed by atoms with Gasteiger partial charge in [0, 0.05) is 24.7 Å². The largest absolute Gasteiger partial charge is 0.497 e. The molecule has 7 nitrogen and oxygen atoms in total. The molecule has 2 amide bonds. The summed E-state index contributed by atoms with van der Waals surface area (Å²) in [6.45, 7) is 5.57. The molecule has 0 spiro atoms. The molecule has 0 aliphatic heterocycles. The molecule has 1 aromatic heterocycles. The molecule has 0 radical (unpaired) electrons. The van der Waals surface area contributed by atoms with E-state index >= 15 is 0 Å². The SMILES string of the molecule is COc1cccc(C(=O)N(Cc2cc(C(=O)NCC3CC3)no2)CC(C)C)c1. The van der Waals surface area contributed by atoms with Gasteiger partial charge >= 0.3 is 0 Å². The fourth-order valence-electron chi connectivity index (χ4n) is 2.93. The highest BCUT2D eigenvalue weighted by Gasteiger charge is 2.24. The smallest absolute Gasteiger partial charge is 0.273 e. The lowest BCUT2D eigenvalue weighted by molar-refractivity contribution is 0.0705. The van der Waals surface area contributed by atoms with Crippen LogP contribution in [0.15, 0.2) is 34.9 Å². The molecule has 1 aromatic carbocycles. The Labute approximate surface area is 165 Å². The summed E-state index contributed by atoms with van der Waals surface area (Å²) in [5, 5.41) is 6.73. The molecule has 28 heavy (non-hydrogen) atoms. The van der Waals surface area contributed by atoms with Crippen molar-refractivity contribution in [3.05, 3.63) is 47.3 Å². The number of nitrogens with zero attached hydrogens (tertiary/aromatic N) is 2. The van der Waals surface area contributed by atoms with Crippen LogP contribution in [0.1, 0.15) is 53.3 Å². The van der Waals surface area contributed by atoms with Crippen molar-refractivity contribution in [3.8, 4) is 5.75 Å². The highest BCUT2D eigenvalue weighted by atomic mass is 16.5. The molecule has 1 saturated carbocycles. The van der Waals surface area contributed by atoms with Crippen molar-refractivity contribution in [3.63, 3.8) is 0 Å². The van der Waals surface area contributed by atoms with Gasteiger partial charge in [-0.25, -0.2) is 0 Å². The van der Waals surface area contributed by atoms with Crippen LogP contribution >= 0.6 is 0 Å². The standard InChI is InChI=1S/C21H27N3O4/c1-14(2)12-24(21(26)16-5-4-6-17(9-16)27-3)13-18-10-19(23-28-18)20(25)22-11-15-7-8-15/h4-6,9-10,14-15H,7-8,11-13H2,1-3H3,(H,22,25). The third kappa shape index (κ3) is 5.34. The molecule has 1 heterocycles. The van der Waals surface area contributed by atoms with E-state index < -0.39 is 0 Å². The quantitative estimate of drug-likeness (QED) is 0.717. The van der Waals surface area contributed by atoms with Gasteiger partial charge < -0.3 is 19.5 Å². The van der Waals surface area contributed by atoms with Crippen LogP contribution in [0.25, 0.3) is 0 Å². The first-order valence-electron chi connectivity index (χ1n) is 9.63. The summed E-state index contributed by atoms with van der Waals surface area (Å²) >= 11 is 0. The number of amides is 2. The fraction of sp³-hybridized carbons (Fsp3) is 0.476. The van der Waals surface area contributed by atoms with Crippen LogP contribution in [0.2, 0.25) is 0 Å². The first-order valence-corrected chi connectivity index (χ1v) is 9.63. The van der Waals surface area contributed by atoms with E-state index in [2.05, 4.69) is 10.5 Å². The summed E-state index contributed by atoms with van der Waals surface area (Å²) in [5.74, 6) is 1.62. The second-order valence-electron chi connectivity index (χ2n) is 7.64. The second kappa shape index (κ2) is 8.91. The normalized spacial score (nSPS) is 13.4. The molecule has 0 bridgehead atoms. The summed E-state index contributed by atoms with van der Waals surface area (Å²) in [7, 11) is 1.57. The van der Waals surface area contributed by atoms with Gasteiger partial charge in [0.1, 0.15) is 5.75 Å². The third-order valence-corrected chi connectivity index (χ3v) is 4.58. The third-order valence-electron chi connectivity index (χ3n) is 4.58. The molecule has 0 saturated heterocycles. The van der Waals surface area contributed by atoms with Gasteiger partial charge in [0.05, 0.1) is 13.7 Å². The number of hydrogen-bond donors (Lipinski definition) is 1. The molecule has 0 unspecified atom stereocenters. The first-order chi connectivity index (χ1) is 13.5. The Morgan fingerprint density at radius 2 is 2.11 bits per heavy atom. The number of carbonyl (C=O) groups excluding carboxylic acids is 2. The molecule has 3 rings (SSSR count). The average molecular weight is 385 g/mol. The van der Waals surface area contributed by atoms with Crippen LogP contribution in [-0.2, 0) is 6.54 Å². The molecule has 1 aliphatic carbocycles. The lowest BCUT2D eigenvalue weighted by Crippen LogP contribution is -2.33. The molecule has 7 heteroatoms. The van der Waals surface area contributed by atoms with Crippen LogP contribution in [0.4, 0.5) is 0 Å². The Kier molecular flexibility index (Phi) is 6.34. The van der Waals surface area contributed by atoms with Crippen molar-refractivity contribution in [2.24, 2.45) is 11.8 Å². The van der Waals surface area contributed by atoms with E-state index in [0.717, 1.165) is 0 Å². The lowest BCUT2D eigenvalue weighted by atomic mass is 10.1. The number of rotatable bonds is 9. The van der Waals surface area contributed by atoms with Crippen LogP contribution in [0.3, 0.4) is 0 Å². The molecule has 2 aromatic rings. The summed E-state index contributed by atoms with van der Waals surface area (Å²) in [6, 6.07) is 8.67. The van der Waals surface area contributed by atoms with E-state index in [0.29, 0.717) is 36.1 Å². The number of nitrogens with one attached hydrogen (secondary N) is 1. The number of aromatic nitrogens is 1. The second-order valence-corrected chi connectivity index (χ2v) is 7.64. The predicted octanol–water partition coefficient (Wildman–Crippen LogP) is 3.12. The Bertz CT molecular complexity index is 827. The maximum atomic E-state index is 13.0. The minimum atomic E-state index is -0.239. The zero-order valence-corrected chi connectivity index (χ0v) is 16.6. The molecular formula is C21H27N3O4. The number of ether oxygens (including phenoxy) is 1. The van der Waals surface area contributed by atoms with Gasteiger partial charge in [0.25, 0.3) is 11.8 Å². The molecule has 150 valence electrons. The number of hydrogen-bond acceptors (Lipinski definition) is 5. The average Bonchev–Trinajstić information content (AvgIpc) is 3.41. The summed E-state index contributed by atoms with van der Waals surface area (Å²) in [4.78, 5) is 26.9. The Balaban J connectivity index is 1.69. The number of methoxy groups -OCH3 is 1. The molecule has 0 atom stereocenters. The van der Waals surface area contributed by atoms with E-state index in [9.17, 15) is 9.59 Å². The summed E-state index contributed by atoms with van der Waals surface area (Å²) < 4.78 is 10.5. The van der Waals surface area contributed by atoms with Gasteiger partial charge in [-0.2, -0.15) is 0 Å². The van der Waals surface area contributed by atoms with Crippen LogP contribution in [0, 0.1) is 11.8 Å². The fourth-order valence-corrected chi connectivity index (χ4v) is 2.93. The van der Waals surface area contributed by atoms with Crippen molar-refractivity contribution in [1.29, 1.82) is 0 Å². The van der Waals surface area contributed by atoms with Gasteiger partial charge in [-0.05, 0) is 42.9 Å². The van der Waals surface area contributed by atoms with Crippen LogP contribution in [0.5, 0.6) is 5.75 Å².